The number of ketones is 1. The topological polar surface area (TPSA) is 79.3 Å². The zero-order valence-electron chi connectivity index (χ0n) is 22.4. The van der Waals surface area contributed by atoms with Gasteiger partial charge >= 0.3 is 0 Å². The number of ether oxygens (including phenoxy) is 2. The number of carbonyl (C=O) groups excluding carboxylic acids is 2. The molecule has 7 nitrogen and oxygen atoms in total. The third-order valence-corrected chi connectivity index (χ3v) is 6.28. The molecule has 1 fully saturated rings. The minimum atomic E-state index is -0.703. The van der Waals surface area contributed by atoms with Gasteiger partial charge in [0.25, 0.3) is 11.7 Å². The van der Waals surface area contributed by atoms with E-state index in [1.807, 2.05) is 56.3 Å². The second-order valence-electron chi connectivity index (χ2n) is 10.4. The lowest BCUT2D eigenvalue weighted by Crippen LogP contribution is -2.35. The predicted octanol–water partition coefficient (Wildman–Crippen LogP) is 4.76. The van der Waals surface area contributed by atoms with Crippen LogP contribution in [-0.2, 0) is 15.0 Å². The van der Waals surface area contributed by atoms with Gasteiger partial charge in [-0.2, -0.15) is 0 Å². The van der Waals surface area contributed by atoms with Crippen LogP contribution in [0, 0.1) is 0 Å². The van der Waals surface area contributed by atoms with E-state index in [-0.39, 0.29) is 16.7 Å². The molecule has 1 aliphatic rings. The molecule has 1 N–H and O–H groups in total. The Kier molecular flexibility index (Phi) is 8.46. The number of hydrogen-bond acceptors (Lipinski definition) is 6. The Bertz CT molecular complexity index is 1130. The number of aliphatic hydroxyl groups is 1. The molecule has 1 aliphatic heterocycles. The molecule has 0 radical (unpaired) electrons. The predicted molar refractivity (Wildman–Crippen MR) is 141 cm³/mol. The smallest absolute Gasteiger partial charge is 0.295 e. The standard InChI is InChI=1S/C29H38N2O5/c1-8-17-36-21-12-9-19(10-13-21)25-24(27(33)28(34)31(25)16-15-30(5)6)26(32)20-11-14-23(35-7)22(18-20)29(2,3)4/h9-14,18,25,32H,8,15-17H2,1-7H3/b26-24-. The molecular formula is C29H38N2O5. The van der Waals surface area contributed by atoms with Crippen LogP contribution in [-0.4, -0.2) is 67.5 Å². The van der Waals surface area contributed by atoms with Crippen molar-refractivity contribution in [2.45, 2.75) is 45.6 Å². The number of Topliss-reactive ketones (excluding diaryl/α,β-unsaturated/α-hetero) is 1. The number of carbonyl (C=O) groups is 2. The highest BCUT2D eigenvalue weighted by Gasteiger charge is 2.46. The van der Waals surface area contributed by atoms with Crippen molar-refractivity contribution in [3.05, 3.63) is 64.7 Å². The van der Waals surface area contributed by atoms with E-state index in [1.54, 1.807) is 24.1 Å². The van der Waals surface area contributed by atoms with E-state index >= 15 is 0 Å². The van der Waals surface area contributed by atoms with E-state index in [1.165, 1.54) is 0 Å². The molecule has 1 unspecified atom stereocenters. The van der Waals surface area contributed by atoms with Gasteiger partial charge in [-0.1, -0.05) is 39.8 Å². The number of amides is 1. The van der Waals surface area contributed by atoms with Gasteiger partial charge < -0.3 is 24.4 Å². The molecular weight excluding hydrogens is 456 g/mol. The summed E-state index contributed by atoms with van der Waals surface area (Å²) in [7, 11) is 5.43. The number of hydrogen-bond donors (Lipinski definition) is 1. The fraction of sp³-hybridized carbons (Fsp3) is 0.448. The van der Waals surface area contributed by atoms with Crippen LogP contribution in [0.25, 0.3) is 5.76 Å². The average molecular weight is 495 g/mol. The summed E-state index contributed by atoms with van der Waals surface area (Å²) in [4.78, 5) is 30.0. The fourth-order valence-electron chi connectivity index (χ4n) is 4.33. The summed E-state index contributed by atoms with van der Waals surface area (Å²) in [5.74, 6) is -0.0688. The summed E-state index contributed by atoms with van der Waals surface area (Å²) in [6, 6.07) is 12.0. The Hall–Kier alpha value is -3.32. The number of likely N-dealkylation sites (N-methyl/N-ethyl adjacent to an activating group) is 1. The SMILES string of the molecule is CCCOc1ccc(C2/C(=C(/O)c3ccc(OC)c(C(C)(C)C)c3)C(=O)C(=O)N2CCN(C)C)cc1. The van der Waals surface area contributed by atoms with Crippen molar-refractivity contribution in [3.8, 4) is 11.5 Å². The van der Waals surface area contributed by atoms with Crippen LogP contribution in [0.1, 0.15) is 56.8 Å². The first-order valence-corrected chi connectivity index (χ1v) is 12.3. The molecule has 1 heterocycles. The fourth-order valence-corrected chi connectivity index (χ4v) is 4.33. The normalized spacial score (nSPS) is 17.7. The molecule has 0 aliphatic carbocycles. The van der Waals surface area contributed by atoms with Gasteiger partial charge in [-0.05, 0) is 61.8 Å². The third kappa shape index (κ3) is 5.73. The van der Waals surface area contributed by atoms with Crippen molar-refractivity contribution in [2.24, 2.45) is 0 Å². The Morgan fingerprint density at radius 3 is 2.31 bits per heavy atom. The Balaban J connectivity index is 2.15. The van der Waals surface area contributed by atoms with Gasteiger partial charge in [0.2, 0.25) is 0 Å². The molecule has 2 aromatic rings. The molecule has 2 aromatic carbocycles. The van der Waals surface area contributed by atoms with Crippen LogP contribution < -0.4 is 9.47 Å². The Labute approximate surface area is 214 Å². The first-order valence-electron chi connectivity index (χ1n) is 12.3. The van der Waals surface area contributed by atoms with Crippen LogP contribution >= 0.6 is 0 Å². The largest absolute Gasteiger partial charge is 0.507 e. The van der Waals surface area contributed by atoms with Crippen molar-refractivity contribution in [1.29, 1.82) is 0 Å². The first-order chi connectivity index (χ1) is 17.0. The molecule has 1 saturated heterocycles. The Morgan fingerprint density at radius 1 is 1.08 bits per heavy atom. The molecule has 36 heavy (non-hydrogen) atoms. The van der Waals surface area contributed by atoms with Gasteiger partial charge in [-0.15, -0.1) is 0 Å². The van der Waals surface area contributed by atoms with E-state index < -0.39 is 17.7 Å². The highest BCUT2D eigenvalue weighted by molar-refractivity contribution is 6.46. The molecule has 0 saturated carbocycles. The van der Waals surface area contributed by atoms with Crippen LogP contribution in [0.2, 0.25) is 0 Å². The lowest BCUT2D eigenvalue weighted by Gasteiger charge is -2.27. The summed E-state index contributed by atoms with van der Waals surface area (Å²) < 4.78 is 11.2. The number of nitrogens with zero attached hydrogens (tertiary/aromatic N) is 2. The van der Waals surface area contributed by atoms with Crippen molar-refractivity contribution in [1.82, 2.24) is 9.80 Å². The Morgan fingerprint density at radius 2 is 1.75 bits per heavy atom. The lowest BCUT2D eigenvalue weighted by atomic mass is 9.84. The van der Waals surface area contributed by atoms with Gasteiger partial charge in [0, 0.05) is 24.2 Å². The van der Waals surface area contributed by atoms with Crippen LogP contribution in [0.5, 0.6) is 11.5 Å². The van der Waals surface area contributed by atoms with E-state index in [9.17, 15) is 14.7 Å². The van der Waals surface area contributed by atoms with Crippen molar-refractivity contribution < 1.29 is 24.2 Å². The van der Waals surface area contributed by atoms with Crippen molar-refractivity contribution in [3.63, 3.8) is 0 Å². The lowest BCUT2D eigenvalue weighted by molar-refractivity contribution is -0.140. The molecule has 0 aromatic heterocycles. The molecule has 1 atom stereocenters. The molecule has 3 rings (SSSR count). The summed E-state index contributed by atoms with van der Waals surface area (Å²) in [5, 5.41) is 11.5. The van der Waals surface area contributed by atoms with Gasteiger partial charge in [0.05, 0.1) is 25.3 Å². The summed E-state index contributed by atoms with van der Waals surface area (Å²) in [6.45, 7) is 9.73. The van der Waals surface area contributed by atoms with E-state index in [4.69, 9.17) is 9.47 Å². The number of aliphatic hydroxyl groups excluding tert-OH is 1. The highest BCUT2D eigenvalue weighted by atomic mass is 16.5. The monoisotopic (exact) mass is 494 g/mol. The van der Waals surface area contributed by atoms with Gasteiger partial charge in [-0.3, -0.25) is 9.59 Å². The van der Waals surface area contributed by atoms with E-state index in [2.05, 4.69) is 20.8 Å². The summed E-state index contributed by atoms with van der Waals surface area (Å²) >= 11 is 0. The number of likely N-dealkylation sites (tertiary alicyclic amines) is 1. The zero-order valence-corrected chi connectivity index (χ0v) is 22.4. The second kappa shape index (κ2) is 11.2. The van der Waals surface area contributed by atoms with Gasteiger partial charge in [0.15, 0.2) is 0 Å². The maximum Gasteiger partial charge on any atom is 0.295 e. The molecule has 1 amide bonds. The third-order valence-electron chi connectivity index (χ3n) is 6.28. The van der Waals surface area contributed by atoms with Crippen molar-refractivity contribution >= 4 is 17.4 Å². The average Bonchev–Trinajstić information content (AvgIpc) is 3.10. The van der Waals surface area contributed by atoms with E-state index in [0.717, 1.165) is 23.3 Å². The summed E-state index contributed by atoms with van der Waals surface area (Å²) in [6.07, 6.45) is 0.894. The molecule has 194 valence electrons. The first kappa shape index (κ1) is 27.3. The molecule has 0 spiro atoms. The number of methoxy groups -OCH3 is 1. The summed E-state index contributed by atoms with van der Waals surface area (Å²) in [5.41, 5.74) is 1.94. The zero-order chi connectivity index (χ0) is 26.6. The van der Waals surface area contributed by atoms with Crippen LogP contribution in [0.15, 0.2) is 48.0 Å². The maximum absolute atomic E-state index is 13.3. The highest BCUT2D eigenvalue weighted by Crippen LogP contribution is 2.41. The number of benzene rings is 2. The van der Waals surface area contributed by atoms with Crippen LogP contribution in [0.3, 0.4) is 0 Å². The minimum absolute atomic E-state index is 0.0889. The minimum Gasteiger partial charge on any atom is -0.507 e. The quantitative estimate of drug-likeness (QED) is 0.308. The maximum atomic E-state index is 13.3. The molecule has 0 bridgehead atoms. The van der Waals surface area contributed by atoms with Gasteiger partial charge in [0.1, 0.15) is 17.3 Å². The number of rotatable bonds is 9. The second-order valence-corrected chi connectivity index (χ2v) is 10.4. The molecule has 7 heteroatoms. The van der Waals surface area contributed by atoms with Crippen molar-refractivity contribution in [2.75, 3.05) is 40.9 Å². The van der Waals surface area contributed by atoms with E-state index in [0.29, 0.717) is 31.0 Å². The van der Waals surface area contributed by atoms with Gasteiger partial charge in [-0.25, -0.2) is 0 Å². The van der Waals surface area contributed by atoms with Crippen LogP contribution in [0.4, 0.5) is 0 Å².